The van der Waals surface area contributed by atoms with Gasteiger partial charge in [-0.2, -0.15) is 0 Å². The van der Waals surface area contributed by atoms with Gasteiger partial charge in [-0.25, -0.2) is 4.79 Å². The molecule has 0 bridgehead atoms. The van der Waals surface area contributed by atoms with Gasteiger partial charge in [0.2, 0.25) is 0 Å². The summed E-state index contributed by atoms with van der Waals surface area (Å²) in [5.74, 6) is -1.51. The first-order chi connectivity index (χ1) is 9.42. The molecule has 0 spiro atoms. The van der Waals surface area contributed by atoms with Gasteiger partial charge in [0.25, 0.3) is 0 Å². The van der Waals surface area contributed by atoms with E-state index in [4.69, 9.17) is 10.2 Å². The zero-order valence-electron chi connectivity index (χ0n) is 13.0. The van der Waals surface area contributed by atoms with E-state index in [9.17, 15) is 9.59 Å². The van der Waals surface area contributed by atoms with Crippen molar-refractivity contribution in [3.8, 4) is 0 Å². The number of carbonyl (C=O) groups is 2. The molecule has 1 unspecified atom stereocenters. The number of nitrogens with zero attached hydrogens (tertiary/aromatic N) is 2. The minimum atomic E-state index is -0.910. The van der Waals surface area contributed by atoms with E-state index in [1.807, 2.05) is 20.8 Å². The summed E-state index contributed by atoms with van der Waals surface area (Å²) in [5.41, 5.74) is 0. The molecule has 0 aromatic rings. The summed E-state index contributed by atoms with van der Waals surface area (Å²) < 4.78 is 0. The second-order valence-corrected chi connectivity index (χ2v) is 4.95. The zero-order chi connectivity index (χ0) is 15.7. The highest BCUT2D eigenvalue weighted by atomic mass is 16.4. The molecule has 0 aromatic heterocycles. The Balaban J connectivity index is 4.94. The monoisotopic (exact) mass is 288 g/mol. The summed E-state index contributed by atoms with van der Waals surface area (Å²) in [4.78, 5) is 26.6. The number of carbonyl (C=O) groups excluding carboxylic acids is 1. The third kappa shape index (κ3) is 5.36. The maximum absolute atomic E-state index is 12.5. The molecule has 2 N–H and O–H groups in total. The fraction of sp³-hybridized carbons (Fsp3) is 0.857. The van der Waals surface area contributed by atoms with Crippen molar-refractivity contribution in [3.05, 3.63) is 0 Å². The molecule has 0 aliphatic carbocycles. The van der Waals surface area contributed by atoms with Crippen molar-refractivity contribution >= 4 is 12.0 Å². The van der Waals surface area contributed by atoms with Crippen molar-refractivity contribution in [3.63, 3.8) is 0 Å². The molecule has 1 atom stereocenters. The number of aliphatic hydroxyl groups is 1. The van der Waals surface area contributed by atoms with Crippen molar-refractivity contribution in [2.24, 2.45) is 5.92 Å². The molecule has 0 rings (SSSR count). The van der Waals surface area contributed by atoms with Gasteiger partial charge >= 0.3 is 12.0 Å². The van der Waals surface area contributed by atoms with Gasteiger partial charge in [-0.05, 0) is 19.8 Å². The summed E-state index contributed by atoms with van der Waals surface area (Å²) >= 11 is 0. The van der Waals surface area contributed by atoms with E-state index in [2.05, 4.69) is 0 Å². The van der Waals surface area contributed by atoms with Crippen molar-refractivity contribution in [1.29, 1.82) is 0 Å². The van der Waals surface area contributed by atoms with Crippen LogP contribution in [0.1, 0.15) is 40.5 Å². The Bertz CT molecular complexity index is 306. The van der Waals surface area contributed by atoms with E-state index >= 15 is 0 Å². The topological polar surface area (TPSA) is 81.1 Å². The Morgan fingerprint density at radius 2 is 1.70 bits per heavy atom. The van der Waals surface area contributed by atoms with Crippen molar-refractivity contribution in [1.82, 2.24) is 9.80 Å². The maximum atomic E-state index is 12.5. The van der Waals surface area contributed by atoms with Gasteiger partial charge in [0.15, 0.2) is 0 Å². The fourth-order valence-corrected chi connectivity index (χ4v) is 2.20. The SMILES string of the molecule is CCC(CC)N(CCO)C(=O)N(CC)CC(C)C(=O)O. The highest BCUT2D eigenvalue weighted by Crippen LogP contribution is 2.13. The second-order valence-electron chi connectivity index (χ2n) is 4.95. The Hall–Kier alpha value is -1.30. The lowest BCUT2D eigenvalue weighted by atomic mass is 10.1. The maximum Gasteiger partial charge on any atom is 0.320 e. The Labute approximate surface area is 121 Å². The first kappa shape index (κ1) is 18.7. The number of urea groups is 1. The predicted molar refractivity (Wildman–Crippen MR) is 77.6 cm³/mol. The van der Waals surface area contributed by atoms with E-state index in [1.165, 1.54) is 4.90 Å². The normalized spacial score (nSPS) is 12.3. The second kappa shape index (κ2) is 9.58. The average molecular weight is 288 g/mol. The predicted octanol–water partition coefficient (Wildman–Crippen LogP) is 1.63. The highest BCUT2D eigenvalue weighted by molar-refractivity contribution is 5.76. The lowest BCUT2D eigenvalue weighted by molar-refractivity contribution is -0.141. The number of hydrogen-bond donors (Lipinski definition) is 2. The molecule has 0 saturated heterocycles. The van der Waals surface area contributed by atoms with Crippen LogP contribution < -0.4 is 0 Å². The number of carboxylic acid groups (broad SMARTS) is 1. The van der Waals surface area contributed by atoms with Gasteiger partial charge in [-0.1, -0.05) is 20.8 Å². The molecule has 0 radical (unpaired) electrons. The van der Waals surface area contributed by atoms with E-state index in [1.54, 1.807) is 11.8 Å². The quantitative estimate of drug-likeness (QED) is 0.675. The molecular formula is C14H28N2O4. The number of hydrogen-bond acceptors (Lipinski definition) is 3. The van der Waals surface area contributed by atoms with Crippen LogP contribution in [0.4, 0.5) is 4.79 Å². The first-order valence-electron chi connectivity index (χ1n) is 7.31. The average Bonchev–Trinajstić information content (AvgIpc) is 2.43. The van der Waals surface area contributed by atoms with Crippen LogP contribution in [0.15, 0.2) is 0 Å². The standard InChI is InChI=1S/C14H28N2O4/c1-5-12(6-2)16(8-9-17)14(20)15(7-3)10-11(4)13(18)19/h11-12,17H,5-10H2,1-4H3,(H,18,19). The highest BCUT2D eigenvalue weighted by Gasteiger charge is 2.27. The number of carboxylic acids is 1. The molecule has 0 saturated carbocycles. The molecule has 6 heteroatoms. The molecule has 0 aliphatic rings. The Morgan fingerprint density at radius 3 is 2.05 bits per heavy atom. The third-order valence-electron chi connectivity index (χ3n) is 3.54. The van der Waals surface area contributed by atoms with Crippen LogP contribution in [0.5, 0.6) is 0 Å². The van der Waals surface area contributed by atoms with E-state index in [-0.39, 0.29) is 31.8 Å². The van der Waals surface area contributed by atoms with E-state index in [0.29, 0.717) is 6.54 Å². The Kier molecular flexibility index (Phi) is 8.96. The number of amides is 2. The molecule has 0 heterocycles. The Morgan fingerprint density at radius 1 is 1.15 bits per heavy atom. The fourth-order valence-electron chi connectivity index (χ4n) is 2.20. The van der Waals surface area contributed by atoms with Crippen LogP contribution in [0.3, 0.4) is 0 Å². The van der Waals surface area contributed by atoms with Gasteiger partial charge in [0.1, 0.15) is 0 Å². The summed E-state index contributed by atoms with van der Waals surface area (Å²) in [5, 5.41) is 18.1. The van der Waals surface area contributed by atoms with Crippen LogP contribution in [0.25, 0.3) is 0 Å². The van der Waals surface area contributed by atoms with Gasteiger partial charge < -0.3 is 20.0 Å². The minimum Gasteiger partial charge on any atom is -0.481 e. The van der Waals surface area contributed by atoms with E-state index < -0.39 is 11.9 Å². The molecule has 2 amide bonds. The van der Waals surface area contributed by atoms with Crippen molar-refractivity contribution < 1.29 is 19.8 Å². The molecule has 118 valence electrons. The van der Waals surface area contributed by atoms with Gasteiger partial charge in [0, 0.05) is 25.7 Å². The molecule has 6 nitrogen and oxygen atoms in total. The van der Waals surface area contributed by atoms with Crippen molar-refractivity contribution in [2.75, 3.05) is 26.2 Å². The summed E-state index contributed by atoms with van der Waals surface area (Å²) in [7, 11) is 0. The lowest BCUT2D eigenvalue weighted by Crippen LogP contribution is -2.50. The zero-order valence-corrected chi connectivity index (χ0v) is 13.0. The van der Waals surface area contributed by atoms with Crippen LogP contribution in [-0.2, 0) is 4.79 Å². The van der Waals surface area contributed by atoms with E-state index in [0.717, 1.165) is 12.8 Å². The first-order valence-corrected chi connectivity index (χ1v) is 7.31. The van der Waals surface area contributed by atoms with Crippen molar-refractivity contribution in [2.45, 2.75) is 46.6 Å². The van der Waals surface area contributed by atoms with Crippen LogP contribution in [0, 0.1) is 5.92 Å². The molecule has 0 aliphatic heterocycles. The summed E-state index contributed by atoms with van der Waals surface area (Å²) in [6, 6.07) is -0.118. The minimum absolute atomic E-state index is 0.0730. The summed E-state index contributed by atoms with van der Waals surface area (Å²) in [6.07, 6.45) is 1.63. The largest absolute Gasteiger partial charge is 0.481 e. The molecule has 0 fully saturated rings. The summed E-state index contributed by atoms with van der Waals surface area (Å²) in [6.45, 7) is 8.26. The van der Waals surface area contributed by atoms with Gasteiger partial charge in [0.05, 0.1) is 12.5 Å². The third-order valence-corrected chi connectivity index (χ3v) is 3.54. The van der Waals surface area contributed by atoms with Crippen LogP contribution >= 0.6 is 0 Å². The smallest absolute Gasteiger partial charge is 0.320 e. The van der Waals surface area contributed by atoms with Crippen LogP contribution in [-0.4, -0.2) is 64.3 Å². The number of rotatable bonds is 9. The number of aliphatic hydroxyl groups excluding tert-OH is 1. The van der Waals surface area contributed by atoms with Gasteiger partial charge in [-0.15, -0.1) is 0 Å². The molecule has 0 aromatic carbocycles. The molecular weight excluding hydrogens is 260 g/mol. The number of aliphatic carboxylic acids is 1. The molecule has 20 heavy (non-hydrogen) atoms. The van der Waals surface area contributed by atoms with Crippen LogP contribution in [0.2, 0.25) is 0 Å². The lowest BCUT2D eigenvalue weighted by Gasteiger charge is -2.35. The van der Waals surface area contributed by atoms with Gasteiger partial charge in [-0.3, -0.25) is 4.79 Å².